The first-order chi connectivity index (χ1) is 18.7. The van der Waals surface area contributed by atoms with Gasteiger partial charge in [0.25, 0.3) is 11.5 Å². The molecule has 3 heterocycles. The number of benzene rings is 1. The van der Waals surface area contributed by atoms with Crippen molar-refractivity contribution < 1.29 is 22.0 Å². The molecule has 3 aromatic heterocycles. The lowest BCUT2D eigenvalue weighted by atomic mass is 10.1. The maximum Gasteiger partial charge on any atom is 0.274 e. The number of nitrogens with zero attached hydrogens (tertiary/aromatic N) is 4. The molecule has 0 saturated heterocycles. The first-order valence-electron chi connectivity index (χ1n) is 12.1. The Kier molecular flexibility index (Phi) is 6.66. The Bertz CT molecular complexity index is 1900. The maximum atomic E-state index is 16.0. The van der Waals surface area contributed by atoms with Crippen LogP contribution >= 0.6 is 11.6 Å². The van der Waals surface area contributed by atoms with Crippen LogP contribution in [-0.4, -0.2) is 39.9 Å². The first-order valence-corrected chi connectivity index (χ1v) is 14.4. The number of carbonyl (C=O) groups excluding carboxylic acids is 1. The van der Waals surface area contributed by atoms with Crippen LogP contribution in [0, 0.1) is 25.5 Å². The van der Waals surface area contributed by atoms with Crippen LogP contribution in [0.3, 0.4) is 0 Å². The normalized spacial score (nSPS) is 16.8. The number of hydrogen-bond acceptors (Lipinski definition) is 6. The average Bonchev–Trinajstić information content (AvgIpc) is 3.56. The summed E-state index contributed by atoms with van der Waals surface area (Å²) >= 11 is 6.55. The summed E-state index contributed by atoms with van der Waals surface area (Å²) in [6, 6.07) is 6.90. The highest BCUT2D eigenvalue weighted by atomic mass is 35.5. The van der Waals surface area contributed by atoms with E-state index in [9.17, 15) is 18.0 Å². The molecule has 1 unspecified atom stereocenters. The van der Waals surface area contributed by atoms with Gasteiger partial charge in [0.15, 0.2) is 21.5 Å². The molecule has 1 fully saturated rings. The van der Waals surface area contributed by atoms with E-state index >= 15 is 8.78 Å². The van der Waals surface area contributed by atoms with Gasteiger partial charge < -0.3 is 5.73 Å². The number of carbonyl (C=O) groups is 1. The monoisotopic (exact) mass is 587 g/mol. The van der Waals surface area contributed by atoms with Gasteiger partial charge in [0.05, 0.1) is 11.4 Å². The zero-order valence-electron chi connectivity index (χ0n) is 21.9. The standard InChI is InChI=1S/C27H24ClF2N5O4S/c1-12-11-32-24(14-6-5-7-20(22(14)29)40(4,38)39)23(30)25(12)35-13(2)8-17(21(28)27(35)37)15-9-16(15)18-10-19(26(31)36)34(3)33-18/h5-8,10-11,15-16H,9H2,1-4H3,(H2,31,36)/t15-,16?/m1/s1. The number of sulfone groups is 1. The van der Waals surface area contributed by atoms with E-state index in [1.807, 2.05) is 0 Å². The Hall–Kier alpha value is -3.90. The Labute approximate surface area is 233 Å². The van der Waals surface area contributed by atoms with Gasteiger partial charge in [-0.1, -0.05) is 17.7 Å². The van der Waals surface area contributed by atoms with E-state index in [2.05, 4.69) is 10.1 Å². The molecular formula is C27H24ClF2N5O4S. The summed E-state index contributed by atoms with van der Waals surface area (Å²) < 4.78 is 57.7. The van der Waals surface area contributed by atoms with Crippen LogP contribution in [0.2, 0.25) is 5.02 Å². The van der Waals surface area contributed by atoms with Crippen molar-refractivity contribution in [2.45, 2.75) is 37.0 Å². The summed E-state index contributed by atoms with van der Waals surface area (Å²) in [5, 5.41) is 4.26. The fraction of sp³-hybridized carbons (Fsp3) is 0.259. The fourth-order valence-electron chi connectivity index (χ4n) is 5.06. The van der Waals surface area contributed by atoms with Gasteiger partial charge in [0.1, 0.15) is 21.3 Å². The highest BCUT2D eigenvalue weighted by Crippen LogP contribution is 2.55. The summed E-state index contributed by atoms with van der Waals surface area (Å²) in [6.45, 7) is 3.16. The smallest absolute Gasteiger partial charge is 0.274 e. The van der Waals surface area contributed by atoms with Crippen LogP contribution in [0.25, 0.3) is 16.9 Å². The van der Waals surface area contributed by atoms with Gasteiger partial charge in [-0.05, 0) is 61.6 Å². The zero-order valence-corrected chi connectivity index (χ0v) is 23.4. The van der Waals surface area contributed by atoms with Crippen molar-refractivity contribution in [3.8, 4) is 16.9 Å². The second kappa shape index (κ2) is 9.63. The summed E-state index contributed by atoms with van der Waals surface area (Å²) in [7, 11) is -2.32. The lowest BCUT2D eigenvalue weighted by Gasteiger charge is -2.18. The van der Waals surface area contributed by atoms with Crippen molar-refractivity contribution in [2.24, 2.45) is 12.8 Å². The van der Waals surface area contributed by atoms with Crippen LogP contribution in [-0.2, 0) is 16.9 Å². The number of aryl methyl sites for hydroxylation is 3. The van der Waals surface area contributed by atoms with Crippen molar-refractivity contribution in [3.63, 3.8) is 0 Å². The lowest BCUT2D eigenvalue weighted by Crippen LogP contribution is -2.24. The van der Waals surface area contributed by atoms with Gasteiger partial charge in [-0.25, -0.2) is 17.2 Å². The lowest BCUT2D eigenvalue weighted by molar-refractivity contribution is 0.0991. The van der Waals surface area contributed by atoms with Gasteiger partial charge in [0, 0.05) is 36.7 Å². The Morgan fingerprint density at radius 3 is 2.48 bits per heavy atom. The number of amides is 1. The topological polar surface area (TPSA) is 130 Å². The highest BCUT2D eigenvalue weighted by Gasteiger charge is 2.43. The van der Waals surface area contributed by atoms with Crippen molar-refractivity contribution in [1.82, 2.24) is 19.3 Å². The molecule has 208 valence electrons. The minimum atomic E-state index is -3.93. The van der Waals surface area contributed by atoms with Gasteiger partial charge in [-0.2, -0.15) is 5.10 Å². The van der Waals surface area contributed by atoms with Crippen molar-refractivity contribution in [3.05, 3.63) is 91.7 Å². The Balaban J connectivity index is 1.59. The van der Waals surface area contributed by atoms with Crippen LogP contribution in [0.1, 0.15) is 51.3 Å². The van der Waals surface area contributed by atoms with E-state index in [0.717, 1.165) is 16.9 Å². The van der Waals surface area contributed by atoms with E-state index in [-0.39, 0.29) is 39.4 Å². The molecule has 0 spiro atoms. The molecule has 1 aliphatic carbocycles. The number of rotatable bonds is 6. The molecule has 1 amide bonds. The molecule has 1 saturated carbocycles. The van der Waals surface area contributed by atoms with E-state index in [1.165, 1.54) is 23.0 Å². The molecule has 2 N–H and O–H groups in total. The number of nitrogens with two attached hydrogens (primary N) is 1. The third-order valence-electron chi connectivity index (χ3n) is 7.10. The molecule has 1 aliphatic rings. The summed E-state index contributed by atoms with van der Waals surface area (Å²) in [5.41, 5.74) is 5.87. The summed E-state index contributed by atoms with van der Waals surface area (Å²) in [6.07, 6.45) is 2.77. The molecule has 0 radical (unpaired) electrons. The van der Waals surface area contributed by atoms with E-state index in [0.29, 0.717) is 23.4 Å². The number of hydrogen-bond donors (Lipinski definition) is 1. The third-order valence-corrected chi connectivity index (χ3v) is 8.59. The first kappa shape index (κ1) is 27.7. The summed E-state index contributed by atoms with van der Waals surface area (Å²) in [4.78, 5) is 28.6. The minimum Gasteiger partial charge on any atom is -0.364 e. The minimum absolute atomic E-state index is 0.0810. The zero-order chi connectivity index (χ0) is 29.3. The number of pyridine rings is 2. The number of aromatic nitrogens is 4. The number of primary amides is 1. The van der Waals surface area contributed by atoms with E-state index in [1.54, 1.807) is 33.0 Å². The SMILES string of the molecule is Cc1cnc(-c2cccc(S(C)(=O)=O)c2F)c(F)c1-n1c(C)cc([C@@H]2CC2c2cc(C(N)=O)n(C)n2)c(Cl)c1=O. The summed E-state index contributed by atoms with van der Waals surface area (Å²) in [5.74, 6) is -2.97. The second-order valence-corrected chi connectivity index (χ2v) is 12.3. The van der Waals surface area contributed by atoms with Crippen LogP contribution in [0.15, 0.2) is 46.2 Å². The van der Waals surface area contributed by atoms with Crippen LogP contribution in [0.4, 0.5) is 8.78 Å². The molecule has 2 atom stereocenters. The largest absolute Gasteiger partial charge is 0.364 e. The van der Waals surface area contributed by atoms with E-state index in [4.69, 9.17) is 17.3 Å². The van der Waals surface area contributed by atoms with Gasteiger partial charge in [0.2, 0.25) is 0 Å². The van der Waals surface area contributed by atoms with Crippen molar-refractivity contribution in [1.29, 1.82) is 0 Å². The maximum absolute atomic E-state index is 16.0. The van der Waals surface area contributed by atoms with Crippen molar-refractivity contribution in [2.75, 3.05) is 6.26 Å². The van der Waals surface area contributed by atoms with Gasteiger partial charge in [-0.15, -0.1) is 0 Å². The number of halogens is 3. The molecule has 0 aliphatic heterocycles. The predicted octanol–water partition coefficient (Wildman–Crippen LogP) is 3.95. The molecule has 0 bridgehead atoms. The van der Waals surface area contributed by atoms with Crippen LogP contribution < -0.4 is 11.3 Å². The molecule has 5 rings (SSSR count). The predicted molar refractivity (Wildman–Crippen MR) is 145 cm³/mol. The molecule has 9 nitrogen and oxygen atoms in total. The third kappa shape index (κ3) is 4.50. The fourth-order valence-corrected chi connectivity index (χ4v) is 6.10. The highest BCUT2D eigenvalue weighted by molar-refractivity contribution is 7.90. The molecule has 40 heavy (non-hydrogen) atoms. The second-order valence-electron chi connectivity index (χ2n) is 9.93. The average molecular weight is 588 g/mol. The van der Waals surface area contributed by atoms with Gasteiger partial charge >= 0.3 is 0 Å². The molecule has 4 aromatic rings. The quantitative estimate of drug-likeness (QED) is 0.363. The molecular weight excluding hydrogens is 564 g/mol. The van der Waals surface area contributed by atoms with E-state index < -0.39 is 43.5 Å². The van der Waals surface area contributed by atoms with Crippen molar-refractivity contribution >= 4 is 27.3 Å². The Morgan fingerprint density at radius 2 is 1.85 bits per heavy atom. The molecule has 1 aromatic carbocycles. The van der Waals surface area contributed by atoms with Gasteiger partial charge in [-0.3, -0.25) is 23.8 Å². The Morgan fingerprint density at radius 1 is 1.15 bits per heavy atom. The molecule has 13 heteroatoms. The van der Waals surface area contributed by atoms with Crippen LogP contribution in [0.5, 0.6) is 0 Å².